The number of rotatable bonds is 4. The Morgan fingerprint density at radius 3 is 2.89 bits per heavy atom. The van der Waals surface area contributed by atoms with Gasteiger partial charge in [0.05, 0.1) is 18.4 Å². The standard InChI is InChI=1S/C13H15N5O/c1-9-3-12-15-6-11(8-18(12)17-9)5-14-7-13-16-4-10(2)19-13/h3-4,6,8,14H,5,7H2,1-2H3. The molecule has 0 radical (unpaired) electrons. The van der Waals surface area contributed by atoms with Crippen molar-refractivity contribution in [1.82, 2.24) is 24.9 Å². The van der Waals surface area contributed by atoms with Gasteiger partial charge >= 0.3 is 0 Å². The third kappa shape index (κ3) is 2.63. The van der Waals surface area contributed by atoms with Crippen molar-refractivity contribution in [1.29, 1.82) is 0 Å². The van der Waals surface area contributed by atoms with E-state index in [0.29, 0.717) is 19.0 Å². The van der Waals surface area contributed by atoms with Gasteiger partial charge in [-0.15, -0.1) is 0 Å². The fourth-order valence-corrected chi connectivity index (χ4v) is 1.92. The Labute approximate surface area is 110 Å². The minimum atomic E-state index is 0.601. The first kappa shape index (κ1) is 11.9. The topological polar surface area (TPSA) is 68.2 Å². The molecule has 0 aromatic carbocycles. The number of fused-ring (bicyclic) bond motifs is 1. The van der Waals surface area contributed by atoms with Crippen molar-refractivity contribution in [2.24, 2.45) is 0 Å². The average molecular weight is 257 g/mol. The number of nitrogens with zero attached hydrogens (tertiary/aromatic N) is 4. The first-order valence-electron chi connectivity index (χ1n) is 6.13. The van der Waals surface area contributed by atoms with Gasteiger partial charge in [-0.1, -0.05) is 0 Å². The molecule has 0 aliphatic rings. The summed E-state index contributed by atoms with van der Waals surface area (Å²) in [5, 5.41) is 7.60. The van der Waals surface area contributed by atoms with Gasteiger partial charge < -0.3 is 9.73 Å². The van der Waals surface area contributed by atoms with Gasteiger partial charge in [-0.05, 0) is 13.8 Å². The lowest BCUT2D eigenvalue weighted by Crippen LogP contribution is -2.13. The van der Waals surface area contributed by atoms with E-state index in [2.05, 4.69) is 20.4 Å². The molecule has 6 nitrogen and oxygen atoms in total. The van der Waals surface area contributed by atoms with Crippen molar-refractivity contribution in [3.05, 3.63) is 47.6 Å². The summed E-state index contributed by atoms with van der Waals surface area (Å²) in [6.45, 7) is 5.14. The minimum absolute atomic E-state index is 0.601. The lowest BCUT2D eigenvalue weighted by Gasteiger charge is -2.02. The molecule has 19 heavy (non-hydrogen) atoms. The van der Waals surface area contributed by atoms with Crippen LogP contribution < -0.4 is 5.32 Å². The Morgan fingerprint density at radius 1 is 1.21 bits per heavy atom. The number of aryl methyl sites for hydroxylation is 2. The third-order valence-electron chi connectivity index (χ3n) is 2.76. The highest BCUT2D eigenvalue weighted by Gasteiger charge is 2.02. The summed E-state index contributed by atoms with van der Waals surface area (Å²) < 4.78 is 7.18. The van der Waals surface area contributed by atoms with Gasteiger partial charge in [0.1, 0.15) is 5.76 Å². The second-order valence-electron chi connectivity index (χ2n) is 4.52. The molecule has 3 heterocycles. The van der Waals surface area contributed by atoms with Crippen LogP contribution in [0.2, 0.25) is 0 Å². The van der Waals surface area contributed by atoms with Crippen LogP contribution in [0.15, 0.2) is 29.1 Å². The van der Waals surface area contributed by atoms with E-state index < -0.39 is 0 Å². The summed E-state index contributed by atoms with van der Waals surface area (Å²) in [7, 11) is 0. The van der Waals surface area contributed by atoms with Crippen molar-refractivity contribution < 1.29 is 4.42 Å². The van der Waals surface area contributed by atoms with E-state index in [1.807, 2.05) is 32.3 Å². The smallest absolute Gasteiger partial charge is 0.208 e. The summed E-state index contributed by atoms with van der Waals surface area (Å²) in [6.07, 6.45) is 5.55. The van der Waals surface area contributed by atoms with Crippen LogP contribution in [-0.2, 0) is 13.1 Å². The molecule has 3 aromatic rings. The molecule has 0 saturated carbocycles. The number of hydrogen-bond donors (Lipinski definition) is 1. The molecule has 0 fully saturated rings. The lowest BCUT2D eigenvalue weighted by molar-refractivity contribution is 0.449. The van der Waals surface area contributed by atoms with Gasteiger partial charge in [0, 0.05) is 30.6 Å². The molecular formula is C13H15N5O. The maximum atomic E-state index is 5.39. The molecule has 98 valence electrons. The number of oxazole rings is 1. The van der Waals surface area contributed by atoms with Gasteiger partial charge in [0.25, 0.3) is 0 Å². The third-order valence-corrected chi connectivity index (χ3v) is 2.76. The maximum absolute atomic E-state index is 5.39. The summed E-state index contributed by atoms with van der Waals surface area (Å²) in [6, 6.07) is 1.95. The van der Waals surface area contributed by atoms with E-state index in [-0.39, 0.29) is 0 Å². The number of hydrogen-bond acceptors (Lipinski definition) is 5. The van der Waals surface area contributed by atoms with E-state index in [0.717, 1.165) is 22.7 Å². The Kier molecular flexibility index (Phi) is 3.00. The molecular weight excluding hydrogens is 242 g/mol. The van der Waals surface area contributed by atoms with Crippen LogP contribution in [0.5, 0.6) is 0 Å². The van der Waals surface area contributed by atoms with E-state index in [4.69, 9.17) is 4.42 Å². The van der Waals surface area contributed by atoms with Crippen LogP contribution in [0.4, 0.5) is 0 Å². The van der Waals surface area contributed by atoms with Crippen molar-refractivity contribution in [2.45, 2.75) is 26.9 Å². The van der Waals surface area contributed by atoms with Crippen LogP contribution >= 0.6 is 0 Å². The normalized spacial score (nSPS) is 11.3. The molecule has 1 N–H and O–H groups in total. The second kappa shape index (κ2) is 4.81. The first-order valence-corrected chi connectivity index (χ1v) is 6.13. The van der Waals surface area contributed by atoms with Gasteiger partial charge in [-0.3, -0.25) is 0 Å². The Balaban J connectivity index is 1.64. The zero-order chi connectivity index (χ0) is 13.2. The molecule has 0 aliphatic heterocycles. The predicted octanol–water partition coefficient (Wildman–Crippen LogP) is 1.62. The van der Waals surface area contributed by atoms with Crippen molar-refractivity contribution in [2.75, 3.05) is 0 Å². The van der Waals surface area contributed by atoms with Gasteiger partial charge in [0.2, 0.25) is 5.89 Å². The van der Waals surface area contributed by atoms with Gasteiger partial charge in [0.15, 0.2) is 5.65 Å². The van der Waals surface area contributed by atoms with Crippen LogP contribution in [0.1, 0.15) is 22.9 Å². The maximum Gasteiger partial charge on any atom is 0.208 e. The molecule has 0 amide bonds. The zero-order valence-corrected chi connectivity index (χ0v) is 10.9. The summed E-state index contributed by atoms with van der Waals surface area (Å²) >= 11 is 0. The minimum Gasteiger partial charge on any atom is -0.445 e. The Morgan fingerprint density at radius 2 is 2.11 bits per heavy atom. The van der Waals surface area contributed by atoms with E-state index in [1.54, 1.807) is 10.7 Å². The van der Waals surface area contributed by atoms with Crippen molar-refractivity contribution in [3.8, 4) is 0 Å². The largest absolute Gasteiger partial charge is 0.445 e. The second-order valence-corrected chi connectivity index (χ2v) is 4.52. The first-order chi connectivity index (χ1) is 9.20. The molecule has 0 saturated heterocycles. The van der Waals surface area contributed by atoms with Crippen molar-refractivity contribution >= 4 is 5.65 Å². The fraction of sp³-hybridized carbons (Fsp3) is 0.308. The van der Waals surface area contributed by atoms with Gasteiger partial charge in [-0.25, -0.2) is 14.5 Å². The highest BCUT2D eigenvalue weighted by molar-refractivity contribution is 5.38. The molecule has 0 atom stereocenters. The summed E-state index contributed by atoms with van der Waals surface area (Å²) in [4.78, 5) is 8.49. The molecule has 0 spiro atoms. The molecule has 6 heteroatoms. The SMILES string of the molecule is Cc1cc2ncc(CNCc3ncc(C)o3)cn2n1. The van der Waals surface area contributed by atoms with Crippen LogP contribution in [-0.4, -0.2) is 19.6 Å². The number of aromatic nitrogens is 4. The predicted molar refractivity (Wildman–Crippen MR) is 69.5 cm³/mol. The highest BCUT2D eigenvalue weighted by Crippen LogP contribution is 2.05. The van der Waals surface area contributed by atoms with E-state index in [9.17, 15) is 0 Å². The molecule has 0 bridgehead atoms. The Hall–Kier alpha value is -2.21. The lowest BCUT2D eigenvalue weighted by atomic mass is 10.3. The molecule has 0 unspecified atom stereocenters. The van der Waals surface area contributed by atoms with Crippen LogP contribution in [0.25, 0.3) is 5.65 Å². The van der Waals surface area contributed by atoms with E-state index in [1.165, 1.54) is 0 Å². The zero-order valence-electron chi connectivity index (χ0n) is 10.9. The van der Waals surface area contributed by atoms with Gasteiger partial charge in [-0.2, -0.15) is 5.10 Å². The number of nitrogens with one attached hydrogen (secondary N) is 1. The molecule has 0 aliphatic carbocycles. The fourth-order valence-electron chi connectivity index (χ4n) is 1.92. The molecule has 3 aromatic heterocycles. The van der Waals surface area contributed by atoms with E-state index >= 15 is 0 Å². The quantitative estimate of drug-likeness (QED) is 0.769. The highest BCUT2D eigenvalue weighted by atomic mass is 16.4. The Bertz CT molecular complexity index is 700. The van der Waals surface area contributed by atoms with Crippen molar-refractivity contribution in [3.63, 3.8) is 0 Å². The monoisotopic (exact) mass is 257 g/mol. The molecule has 3 rings (SSSR count). The average Bonchev–Trinajstić information content (AvgIpc) is 2.94. The summed E-state index contributed by atoms with van der Waals surface area (Å²) in [5.74, 6) is 1.52. The van der Waals surface area contributed by atoms with Crippen LogP contribution in [0, 0.1) is 13.8 Å². The van der Waals surface area contributed by atoms with Crippen LogP contribution in [0.3, 0.4) is 0 Å². The summed E-state index contributed by atoms with van der Waals surface area (Å²) in [5.41, 5.74) is 2.90.